The topological polar surface area (TPSA) is 43.6 Å². The molecule has 0 saturated heterocycles. The van der Waals surface area contributed by atoms with Gasteiger partial charge in [-0.2, -0.15) is 0 Å². The summed E-state index contributed by atoms with van der Waals surface area (Å²) in [6.45, 7) is 16.7. The maximum atomic E-state index is 5.34. The summed E-state index contributed by atoms with van der Waals surface area (Å²) >= 11 is 0. The zero-order chi connectivity index (χ0) is 41.7. The second-order valence-electron chi connectivity index (χ2n) is 14.7. The summed E-state index contributed by atoms with van der Waals surface area (Å²) in [7, 11) is 0. The molecule has 0 spiro atoms. The van der Waals surface area contributed by atoms with Gasteiger partial charge in [-0.1, -0.05) is 190 Å². The summed E-state index contributed by atoms with van der Waals surface area (Å²) in [5, 5.41) is 2.35. The van der Waals surface area contributed by atoms with Crippen LogP contribution < -0.4 is 0 Å². The Morgan fingerprint density at radius 3 is 1.56 bits per heavy atom. The first-order chi connectivity index (χ1) is 30.0. The number of allylic oxidation sites excluding steroid dienone is 8. The summed E-state index contributed by atoms with van der Waals surface area (Å²) in [5.41, 5.74) is 13.6. The lowest BCUT2D eigenvalue weighted by molar-refractivity contribution is 1.07. The van der Waals surface area contributed by atoms with Gasteiger partial charge in [-0.15, -0.1) is 0 Å². The second-order valence-corrected chi connectivity index (χ2v) is 14.7. The van der Waals surface area contributed by atoms with Crippen molar-refractivity contribution >= 4 is 33.0 Å². The molecule has 0 aliphatic heterocycles. The van der Waals surface area contributed by atoms with Crippen LogP contribution in [0, 0.1) is 0 Å². The monoisotopic (exact) mass is 782 g/mol. The van der Waals surface area contributed by atoms with Gasteiger partial charge in [0.15, 0.2) is 17.5 Å². The minimum absolute atomic E-state index is 0.537. The molecule has 290 valence electrons. The van der Waals surface area contributed by atoms with Gasteiger partial charge in [0.2, 0.25) is 0 Å². The molecule has 0 N–H and O–H groups in total. The first-order valence-corrected chi connectivity index (χ1v) is 20.2. The Morgan fingerprint density at radius 1 is 0.475 bits per heavy atom. The smallest absolute Gasteiger partial charge is 0.164 e. The maximum Gasteiger partial charge on any atom is 0.164 e. The third kappa shape index (κ3) is 7.51. The molecule has 9 aromatic rings. The molecule has 2 aromatic heterocycles. The maximum absolute atomic E-state index is 5.34. The van der Waals surface area contributed by atoms with Crippen LogP contribution in [-0.4, -0.2) is 19.5 Å². The first kappa shape index (κ1) is 38.3. The molecule has 0 radical (unpaired) electrons. The lowest BCUT2D eigenvalue weighted by atomic mass is 9.92. The number of hydrogen-bond donors (Lipinski definition) is 0. The Kier molecular flexibility index (Phi) is 10.6. The molecular formula is C57H42N4. The molecule has 0 aliphatic rings. The lowest BCUT2D eigenvalue weighted by Gasteiger charge is -2.21. The van der Waals surface area contributed by atoms with Crippen LogP contribution >= 0.6 is 0 Å². The van der Waals surface area contributed by atoms with E-state index in [-0.39, 0.29) is 0 Å². The SMILES string of the molecule is C=C/C=C\C(=C)c1cc(-c2ccccc2)cc(-c2nc(-c3ccccc3)nc(-c3cc(/C(C=C)=C/C=C)c(-n4c5ccccc5c5ccccc54)c(-c4ccccc4)c3)n2)c1. The fourth-order valence-corrected chi connectivity index (χ4v) is 7.99. The fraction of sp³-hybridized carbons (Fsp3) is 0. The number of nitrogens with zero attached hydrogens (tertiary/aromatic N) is 4. The van der Waals surface area contributed by atoms with Crippen LogP contribution in [0.1, 0.15) is 11.1 Å². The van der Waals surface area contributed by atoms with E-state index in [1.54, 1.807) is 6.08 Å². The van der Waals surface area contributed by atoms with Crippen LogP contribution in [0.15, 0.2) is 233 Å². The van der Waals surface area contributed by atoms with Gasteiger partial charge in [0.05, 0.1) is 16.7 Å². The molecule has 0 fully saturated rings. The van der Waals surface area contributed by atoms with Crippen molar-refractivity contribution < 1.29 is 0 Å². The highest BCUT2D eigenvalue weighted by Crippen LogP contribution is 2.43. The van der Waals surface area contributed by atoms with Crippen molar-refractivity contribution in [1.82, 2.24) is 19.5 Å². The summed E-state index contributed by atoms with van der Waals surface area (Å²) in [6.07, 6.45) is 11.3. The molecule has 0 bridgehead atoms. The van der Waals surface area contributed by atoms with Crippen molar-refractivity contribution in [1.29, 1.82) is 0 Å². The van der Waals surface area contributed by atoms with E-state index in [2.05, 4.69) is 146 Å². The van der Waals surface area contributed by atoms with Crippen LogP contribution in [0.3, 0.4) is 0 Å². The zero-order valence-electron chi connectivity index (χ0n) is 33.7. The normalized spacial score (nSPS) is 11.6. The Labute approximate surface area is 356 Å². The Hall–Kier alpha value is -8.21. The van der Waals surface area contributed by atoms with Gasteiger partial charge in [0.1, 0.15) is 0 Å². The van der Waals surface area contributed by atoms with Crippen LogP contribution in [0.4, 0.5) is 0 Å². The summed E-state index contributed by atoms with van der Waals surface area (Å²) < 4.78 is 2.38. The van der Waals surface area contributed by atoms with Gasteiger partial charge in [-0.25, -0.2) is 15.0 Å². The van der Waals surface area contributed by atoms with Crippen molar-refractivity contribution in [3.63, 3.8) is 0 Å². The zero-order valence-corrected chi connectivity index (χ0v) is 33.7. The van der Waals surface area contributed by atoms with E-state index in [0.717, 1.165) is 77.9 Å². The molecule has 0 aliphatic carbocycles. The van der Waals surface area contributed by atoms with Gasteiger partial charge in [0, 0.05) is 38.6 Å². The molecule has 61 heavy (non-hydrogen) atoms. The minimum Gasteiger partial charge on any atom is -0.308 e. The van der Waals surface area contributed by atoms with Gasteiger partial charge < -0.3 is 4.57 Å². The summed E-state index contributed by atoms with van der Waals surface area (Å²) in [6, 6.07) is 58.9. The van der Waals surface area contributed by atoms with Gasteiger partial charge in [-0.3, -0.25) is 0 Å². The number of aromatic nitrogens is 4. The van der Waals surface area contributed by atoms with Crippen molar-refractivity contribution in [3.05, 3.63) is 244 Å². The number of para-hydroxylation sites is 2. The quantitative estimate of drug-likeness (QED) is 0.116. The van der Waals surface area contributed by atoms with E-state index >= 15 is 0 Å². The van der Waals surface area contributed by atoms with E-state index in [4.69, 9.17) is 15.0 Å². The predicted octanol–water partition coefficient (Wildman–Crippen LogP) is 14.8. The number of hydrogen-bond acceptors (Lipinski definition) is 3. The van der Waals surface area contributed by atoms with Gasteiger partial charge >= 0.3 is 0 Å². The molecule has 0 unspecified atom stereocenters. The van der Waals surface area contributed by atoms with E-state index in [1.165, 1.54) is 10.8 Å². The average molecular weight is 783 g/mol. The molecule has 0 amide bonds. The van der Waals surface area contributed by atoms with Crippen LogP contribution in [0.2, 0.25) is 0 Å². The Morgan fingerprint density at radius 2 is 0.984 bits per heavy atom. The minimum atomic E-state index is 0.537. The molecular weight excluding hydrogens is 741 g/mol. The van der Waals surface area contributed by atoms with E-state index in [1.807, 2.05) is 85.0 Å². The fourth-order valence-electron chi connectivity index (χ4n) is 7.99. The van der Waals surface area contributed by atoms with E-state index in [9.17, 15) is 0 Å². The standard InChI is InChI=1S/C57H42N4/c1-5-8-23-39(4)44-34-45(41-24-12-9-13-25-41)36-46(35-44)56-58-55(43-28-16-11-17-29-43)59-57(60-56)47-37-50(40(7-3)22-6-2)54(51(38-47)42-26-14-10-15-27-42)61-52-32-20-18-30-48(52)49-31-19-21-33-53(49)61/h5-38H,1-4H2/b23-8-,40-22+. The molecule has 4 heteroatoms. The van der Waals surface area contributed by atoms with Crippen molar-refractivity contribution in [2.45, 2.75) is 0 Å². The first-order valence-electron chi connectivity index (χ1n) is 20.2. The summed E-state index contributed by atoms with van der Waals surface area (Å²) in [4.78, 5) is 15.8. The van der Waals surface area contributed by atoms with E-state index in [0.29, 0.717) is 17.5 Å². The third-order valence-corrected chi connectivity index (χ3v) is 10.9. The highest BCUT2D eigenvalue weighted by Gasteiger charge is 2.23. The molecule has 2 heterocycles. The number of benzene rings is 7. The molecule has 9 rings (SSSR count). The molecule has 4 nitrogen and oxygen atoms in total. The van der Waals surface area contributed by atoms with Crippen LogP contribution in [0.25, 0.3) is 95.1 Å². The Bertz CT molecular complexity index is 3130. The second kappa shape index (κ2) is 16.9. The van der Waals surface area contributed by atoms with Crippen LogP contribution in [-0.2, 0) is 0 Å². The number of rotatable bonds is 12. The van der Waals surface area contributed by atoms with Crippen molar-refractivity contribution in [3.8, 4) is 62.1 Å². The lowest BCUT2D eigenvalue weighted by Crippen LogP contribution is -2.05. The number of fused-ring (bicyclic) bond motifs is 3. The third-order valence-electron chi connectivity index (χ3n) is 10.9. The van der Waals surface area contributed by atoms with Gasteiger partial charge in [0.25, 0.3) is 0 Å². The summed E-state index contributed by atoms with van der Waals surface area (Å²) in [5.74, 6) is 1.65. The van der Waals surface area contributed by atoms with Crippen LogP contribution in [0.5, 0.6) is 0 Å². The van der Waals surface area contributed by atoms with Crippen molar-refractivity contribution in [2.24, 2.45) is 0 Å². The largest absolute Gasteiger partial charge is 0.308 e. The highest BCUT2D eigenvalue weighted by molar-refractivity contribution is 6.10. The molecule has 7 aromatic carbocycles. The highest BCUT2D eigenvalue weighted by atomic mass is 15.0. The van der Waals surface area contributed by atoms with Gasteiger partial charge in [-0.05, 0) is 75.9 Å². The van der Waals surface area contributed by atoms with Crippen molar-refractivity contribution in [2.75, 3.05) is 0 Å². The Balaban J connectivity index is 1.37. The average Bonchev–Trinajstić information content (AvgIpc) is 3.66. The molecule has 0 atom stereocenters. The molecule has 0 saturated carbocycles. The van der Waals surface area contributed by atoms with E-state index < -0.39 is 0 Å². The predicted molar refractivity (Wildman–Crippen MR) is 258 cm³/mol.